The molecule has 2 aromatic carbocycles. The lowest BCUT2D eigenvalue weighted by Crippen LogP contribution is -1.93. The van der Waals surface area contributed by atoms with Gasteiger partial charge in [-0.25, -0.2) is 0 Å². The lowest BCUT2D eigenvalue weighted by molar-refractivity contribution is 0.100. The van der Waals surface area contributed by atoms with Gasteiger partial charge in [0, 0.05) is 10.5 Å². The maximum Gasteiger partial charge on any atom is 0.249 e. The van der Waals surface area contributed by atoms with Crippen molar-refractivity contribution in [2.45, 2.75) is 6.92 Å². The van der Waals surface area contributed by atoms with E-state index in [-0.39, 0.29) is 0 Å². The van der Waals surface area contributed by atoms with E-state index >= 15 is 0 Å². The van der Waals surface area contributed by atoms with Crippen molar-refractivity contribution in [2.24, 2.45) is 5.11 Å². The van der Waals surface area contributed by atoms with Gasteiger partial charge in [-0.15, -0.1) is 0 Å². The average Bonchev–Trinajstić information content (AvgIpc) is 2.40. The number of nitrogens with zero attached hydrogens (tertiary/aromatic N) is 3. The Bertz CT molecular complexity index is 643. The number of carbonyl (C=O) groups excluding carboxylic acids is 1. The lowest BCUT2D eigenvalue weighted by atomic mass is 9.99. The average molecular weight is 237 g/mol. The molecule has 0 saturated carbocycles. The van der Waals surface area contributed by atoms with Crippen molar-refractivity contribution in [1.82, 2.24) is 0 Å². The molecule has 0 atom stereocenters. The van der Waals surface area contributed by atoms with Crippen molar-refractivity contribution in [1.29, 1.82) is 0 Å². The summed E-state index contributed by atoms with van der Waals surface area (Å²) >= 11 is 0. The van der Waals surface area contributed by atoms with Crippen molar-refractivity contribution in [3.05, 3.63) is 70.1 Å². The quantitative estimate of drug-likeness (QED) is 0.440. The molecule has 0 saturated heterocycles. The van der Waals surface area contributed by atoms with E-state index in [0.717, 1.165) is 16.7 Å². The first-order chi connectivity index (χ1) is 8.72. The molecule has 0 spiro atoms. The minimum Gasteiger partial charge on any atom is -0.287 e. The zero-order valence-corrected chi connectivity index (χ0v) is 9.87. The second-order valence-corrected chi connectivity index (χ2v) is 3.89. The Hall–Kier alpha value is -2.58. The van der Waals surface area contributed by atoms with Crippen LogP contribution in [0.2, 0.25) is 0 Å². The van der Waals surface area contributed by atoms with Crippen LogP contribution in [0.25, 0.3) is 21.6 Å². The lowest BCUT2D eigenvalue weighted by Gasteiger charge is -2.06. The van der Waals surface area contributed by atoms with Crippen LogP contribution in [-0.2, 0) is 0 Å². The second-order valence-electron chi connectivity index (χ2n) is 3.89. The first-order valence-electron chi connectivity index (χ1n) is 5.48. The van der Waals surface area contributed by atoms with Gasteiger partial charge in [0.15, 0.2) is 0 Å². The molecule has 2 aromatic rings. The highest BCUT2D eigenvalue weighted by molar-refractivity contribution is 5.96. The van der Waals surface area contributed by atoms with Gasteiger partial charge in [-0.05, 0) is 40.3 Å². The minimum atomic E-state index is -0.562. The zero-order chi connectivity index (χ0) is 13.0. The number of carbonyl (C=O) groups is 1. The first kappa shape index (κ1) is 11.9. The van der Waals surface area contributed by atoms with Crippen LogP contribution in [0.4, 0.5) is 0 Å². The van der Waals surface area contributed by atoms with E-state index in [1.165, 1.54) is 0 Å². The maximum atomic E-state index is 11.5. The van der Waals surface area contributed by atoms with Crippen molar-refractivity contribution >= 4 is 5.91 Å². The van der Waals surface area contributed by atoms with Crippen molar-refractivity contribution in [3.8, 4) is 11.1 Å². The topological polar surface area (TPSA) is 65.8 Å². The molecule has 4 heteroatoms. The standard InChI is InChI=1S/C14H11N3O/c1-10-5-2-3-8-13(10)11-6-4-7-12(9-11)14(18)16-17-15/h2-9H,1H3. The Balaban J connectivity index is 2.48. The van der Waals surface area contributed by atoms with Gasteiger partial charge >= 0.3 is 0 Å². The fourth-order valence-electron chi connectivity index (χ4n) is 1.81. The van der Waals surface area contributed by atoms with Crippen molar-refractivity contribution < 1.29 is 4.79 Å². The molecule has 0 aliphatic heterocycles. The van der Waals surface area contributed by atoms with E-state index < -0.39 is 5.91 Å². The molecule has 2 rings (SSSR count). The molecule has 0 aliphatic rings. The van der Waals surface area contributed by atoms with Gasteiger partial charge < -0.3 is 0 Å². The highest BCUT2D eigenvalue weighted by atomic mass is 16.1. The summed E-state index contributed by atoms with van der Waals surface area (Å²) in [6, 6.07) is 15.0. The normalized spacial score (nSPS) is 9.61. The predicted molar refractivity (Wildman–Crippen MR) is 70.1 cm³/mol. The van der Waals surface area contributed by atoms with Gasteiger partial charge in [0.25, 0.3) is 0 Å². The highest BCUT2D eigenvalue weighted by Crippen LogP contribution is 2.24. The number of benzene rings is 2. The molecular weight excluding hydrogens is 226 g/mol. The summed E-state index contributed by atoms with van der Waals surface area (Å²) in [5.41, 5.74) is 11.8. The van der Waals surface area contributed by atoms with Gasteiger partial charge in [-0.3, -0.25) is 4.79 Å². The van der Waals surface area contributed by atoms with Gasteiger partial charge in [-0.2, -0.15) is 0 Å². The summed E-state index contributed by atoms with van der Waals surface area (Å²) in [7, 11) is 0. The number of azide groups is 1. The number of rotatable bonds is 2. The maximum absolute atomic E-state index is 11.5. The monoisotopic (exact) mass is 237 g/mol. The van der Waals surface area contributed by atoms with Crippen LogP contribution in [0.3, 0.4) is 0 Å². The molecule has 0 radical (unpaired) electrons. The highest BCUT2D eigenvalue weighted by Gasteiger charge is 2.06. The van der Waals surface area contributed by atoms with E-state index in [1.54, 1.807) is 18.2 Å². The fraction of sp³-hybridized carbons (Fsp3) is 0.0714. The van der Waals surface area contributed by atoms with Crippen LogP contribution in [-0.4, -0.2) is 5.91 Å². The Morgan fingerprint density at radius 2 is 1.94 bits per heavy atom. The molecule has 0 unspecified atom stereocenters. The Morgan fingerprint density at radius 1 is 1.17 bits per heavy atom. The molecule has 18 heavy (non-hydrogen) atoms. The molecule has 0 aromatic heterocycles. The second kappa shape index (κ2) is 5.17. The van der Waals surface area contributed by atoms with E-state index in [0.29, 0.717) is 5.56 Å². The van der Waals surface area contributed by atoms with Crippen molar-refractivity contribution in [2.75, 3.05) is 0 Å². The largest absolute Gasteiger partial charge is 0.287 e. The number of aryl methyl sites for hydroxylation is 1. The predicted octanol–water partition coefficient (Wildman–Crippen LogP) is 4.11. The molecule has 0 heterocycles. The fourth-order valence-corrected chi connectivity index (χ4v) is 1.81. The number of amides is 1. The van der Waals surface area contributed by atoms with E-state index in [2.05, 4.69) is 10.0 Å². The van der Waals surface area contributed by atoms with Crippen LogP contribution < -0.4 is 0 Å². The van der Waals surface area contributed by atoms with Gasteiger partial charge in [0.05, 0.1) is 0 Å². The molecule has 0 fully saturated rings. The molecule has 0 aliphatic carbocycles. The van der Waals surface area contributed by atoms with Gasteiger partial charge in [-0.1, -0.05) is 42.5 Å². The molecular formula is C14H11N3O. The molecule has 0 N–H and O–H groups in total. The summed E-state index contributed by atoms with van der Waals surface area (Å²) in [5, 5.41) is 3.09. The molecule has 4 nitrogen and oxygen atoms in total. The third-order valence-corrected chi connectivity index (χ3v) is 2.70. The van der Waals surface area contributed by atoms with Crippen LogP contribution in [0.1, 0.15) is 15.9 Å². The first-order valence-corrected chi connectivity index (χ1v) is 5.48. The Kier molecular flexibility index (Phi) is 3.41. The van der Waals surface area contributed by atoms with Crippen LogP contribution in [0.15, 0.2) is 53.6 Å². The van der Waals surface area contributed by atoms with E-state index in [9.17, 15) is 4.79 Å². The summed E-state index contributed by atoms with van der Waals surface area (Å²) in [6.45, 7) is 2.01. The minimum absolute atomic E-state index is 0.397. The summed E-state index contributed by atoms with van der Waals surface area (Å²) in [4.78, 5) is 14.0. The Labute approximate surface area is 105 Å². The smallest absolute Gasteiger partial charge is 0.249 e. The molecule has 0 bridgehead atoms. The summed E-state index contributed by atoms with van der Waals surface area (Å²) < 4.78 is 0. The van der Waals surface area contributed by atoms with Crippen molar-refractivity contribution in [3.63, 3.8) is 0 Å². The van der Waals surface area contributed by atoms with Gasteiger partial charge in [0.1, 0.15) is 0 Å². The summed E-state index contributed by atoms with van der Waals surface area (Å²) in [5.74, 6) is -0.562. The third-order valence-electron chi connectivity index (χ3n) is 2.70. The third kappa shape index (κ3) is 2.39. The molecule has 88 valence electrons. The van der Waals surface area contributed by atoms with Gasteiger partial charge in [0.2, 0.25) is 5.91 Å². The number of hydrogen-bond donors (Lipinski definition) is 0. The van der Waals surface area contributed by atoms with Crippen LogP contribution in [0, 0.1) is 6.92 Å². The van der Waals surface area contributed by atoms with Crippen LogP contribution in [0.5, 0.6) is 0 Å². The SMILES string of the molecule is Cc1ccccc1-c1cccc(C(=O)N=[N+]=[N-])c1. The number of hydrogen-bond acceptors (Lipinski definition) is 1. The van der Waals surface area contributed by atoms with E-state index in [4.69, 9.17) is 5.53 Å². The van der Waals surface area contributed by atoms with E-state index in [1.807, 2.05) is 37.3 Å². The molecule has 1 amide bonds. The Morgan fingerprint density at radius 3 is 2.67 bits per heavy atom. The van der Waals surface area contributed by atoms with Crippen LogP contribution >= 0.6 is 0 Å². The zero-order valence-electron chi connectivity index (χ0n) is 9.87. The summed E-state index contributed by atoms with van der Waals surface area (Å²) in [6.07, 6.45) is 0.